The van der Waals surface area contributed by atoms with Gasteiger partial charge in [0.1, 0.15) is 11.3 Å². The molecule has 6 heteroatoms. The van der Waals surface area contributed by atoms with E-state index in [1.165, 1.54) is 0 Å². The maximum Gasteiger partial charge on any atom is 0.207 e. The second kappa shape index (κ2) is 4.55. The van der Waals surface area contributed by atoms with Gasteiger partial charge in [-0.1, -0.05) is 0 Å². The minimum atomic E-state index is 0.401. The van der Waals surface area contributed by atoms with Crippen LogP contribution in [0.2, 0.25) is 0 Å². The van der Waals surface area contributed by atoms with E-state index in [9.17, 15) is 0 Å². The predicted octanol–water partition coefficient (Wildman–Crippen LogP) is 2.77. The summed E-state index contributed by atoms with van der Waals surface area (Å²) in [6, 6.07) is 9.43. The number of ether oxygens (including phenoxy) is 1. The maximum atomic E-state index is 5.97. The summed E-state index contributed by atoms with van der Waals surface area (Å²) >= 11 is 3.43. The Bertz CT molecular complexity index is 753. The Morgan fingerprint density at radius 1 is 1.32 bits per heavy atom. The molecule has 0 spiro atoms. The van der Waals surface area contributed by atoms with Crippen molar-refractivity contribution >= 4 is 33.0 Å². The van der Waals surface area contributed by atoms with Crippen LogP contribution in [-0.2, 0) is 0 Å². The number of hydrogen-bond donors (Lipinski definition) is 1. The van der Waals surface area contributed by atoms with Crippen molar-refractivity contribution in [3.8, 4) is 11.4 Å². The van der Waals surface area contributed by atoms with E-state index < -0.39 is 0 Å². The molecule has 0 bridgehead atoms. The largest absolute Gasteiger partial charge is 0.495 e. The first-order chi connectivity index (χ1) is 9.20. The lowest BCUT2D eigenvalue weighted by atomic mass is 10.3. The maximum absolute atomic E-state index is 5.97. The molecule has 1 aromatic carbocycles. The van der Waals surface area contributed by atoms with Crippen molar-refractivity contribution in [3.63, 3.8) is 0 Å². The molecule has 2 heterocycles. The number of rotatable bonds is 2. The Labute approximate surface area is 118 Å². The van der Waals surface area contributed by atoms with E-state index in [1.54, 1.807) is 17.9 Å². The average molecular weight is 319 g/mol. The van der Waals surface area contributed by atoms with Crippen molar-refractivity contribution in [1.82, 2.24) is 14.5 Å². The lowest BCUT2D eigenvalue weighted by Gasteiger charge is -2.09. The summed E-state index contributed by atoms with van der Waals surface area (Å²) in [5.41, 5.74) is 8.33. The standard InChI is InChI=1S/C13H11BrN4O/c1-19-11-7-8(4-5-9(11)14)18-12-10(17-13(18)15)3-2-6-16-12/h2-7H,1H3,(H2,15,17). The van der Waals surface area contributed by atoms with E-state index in [0.29, 0.717) is 5.95 Å². The molecule has 0 aliphatic carbocycles. The third-order valence-electron chi connectivity index (χ3n) is 2.83. The van der Waals surface area contributed by atoms with Crippen LogP contribution in [0.4, 0.5) is 5.95 Å². The van der Waals surface area contributed by atoms with Gasteiger partial charge in [0, 0.05) is 12.3 Å². The van der Waals surface area contributed by atoms with Crippen LogP contribution in [0, 0.1) is 0 Å². The number of hydrogen-bond acceptors (Lipinski definition) is 4. The van der Waals surface area contributed by atoms with E-state index in [4.69, 9.17) is 10.5 Å². The number of imidazole rings is 1. The van der Waals surface area contributed by atoms with Gasteiger partial charge in [-0.2, -0.15) is 0 Å². The Kier molecular flexibility index (Phi) is 2.87. The van der Waals surface area contributed by atoms with Gasteiger partial charge >= 0.3 is 0 Å². The Hall–Kier alpha value is -2.08. The zero-order valence-corrected chi connectivity index (χ0v) is 11.8. The summed E-state index contributed by atoms with van der Waals surface area (Å²) in [7, 11) is 1.62. The second-order valence-corrected chi connectivity index (χ2v) is 4.82. The molecule has 0 amide bonds. The highest BCUT2D eigenvalue weighted by atomic mass is 79.9. The minimum absolute atomic E-state index is 0.401. The summed E-state index contributed by atoms with van der Waals surface area (Å²) in [6.45, 7) is 0. The normalized spacial score (nSPS) is 10.8. The number of methoxy groups -OCH3 is 1. The molecule has 19 heavy (non-hydrogen) atoms. The first kappa shape index (κ1) is 12.0. The molecule has 0 aliphatic rings. The number of nitrogen functional groups attached to an aromatic ring is 1. The van der Waals surface area contributed by atoms with Crippen LogP contribution in [0.5, 0.6) is 5.75 Å². The molecule has 0 fully saturated rings. The second-order valence-electron chi connectivity index (χ2n) is 3.97. The van der Waals surface area contributed by atoms with E-state index in [-0.39, 0.29) is 0 Å². The highest BCUT2D eigenvalue weighted by Crippen LogP contribution is 2.29. The van der Waals surface area contributed by atoms with Crippen LogP contribution < -0.4 is 10.5 Å². The van der Waals surface area contributed by atoms with Crippen molar-refractivity contribution in [3.05, 3.63) is 41.0 Å². The minimum Gasteiger partial charge on any atom is -0.495 e. The van der Waals surface area contributed by atoms with Gasteiger partial charge < -0.3 is 10.5 Å². The molecule has 3 rings (SSSR count). The Balaban J connectivity index is 2.27. The van der Waals surface area contributed by atoms with Gasteiger partial charge in [0.25, 0.3) is 0 Å². The lowest BCUT2D eigenvalue weighted by Crippen LogP contribution is -2.01. The van der Waals surface area contributed by atoms with Gasteiger partial charge in [0.15, 0.2) is 5.65 Å². The number of benzene rings is 1. The van der Waals surface area contributed by atoms with Gasteiger partial charge in [-0.3, -0.25) is 4.57 Å². The predicted molar refractivity (Wildman–Crippen MR) is 77.5 cm³/mol. The number of nitrogens with zero attached hydrogens (tertiary/aromatic N) is 3. The molecular weight excluding hydrogens is 308 g/mol. The molecule has 0 aliphatic heterocycles. The van der Waals surface area contributed by atoms with Crippen LogP contribution in [-0.4, -0.2) is 21.6 Å². The van der Waals surface area contributed by atoms with Crippen molar-refractivity contribution < 1.29 is 4.74 Å². The molecule has 0 saturated heterocycles. The molecule has 96 valence electrons. The van der Waals surface area contributed by atoms with Crippen LogP contribution in [0.25, 0.3) is 16.9 Å². The highest BCUT2D eigenvalue weighted by Gasteiger charge is 2.12. The highest BCUT2D eigenvalue weighted by molar-refractivity contribution is 9.10. The van der Waals surface area contributed by atoms with Crippen molar-refractivity contribution in [1.29, 1.82) is 0 Å². The van der Waals surface area contributed by atoms with Gasteiger partial charge in [0.05, 0.1) is 17.3 Å². The molecule has 5 nitrogen and oxygen atoms in total. The SMILES string of the molecule is COc1cc(-n2c(N)nc3cccnc32)ccc1Br. The third-order valence-corrected chi connectivity index (χ3v) is 3.49. The number of fused-ring (bicyclic) bond motifs is 1. The summed E-state index contributed by atoms with van der Waals surface area (Å²) < 4.78 is 7.97. The number of anilines is 1. The summed E-state index contributed by atoms with van der Waals surface area (Å²) in [6.07, 6.45) is 1.72. The zero-order valence-electron chi connectivity index (χ0n) is 10.2. The fourth-order valence-corrected chi connectivity index (χ4v) is 2.38. The summed E-state index contributed by atoms with van der Waals surface area (Å²) in [5, 5.41) is 0. The first-order valence-electron chi connectivity index (χ1n) is 5.63. The Morgan fingerprint density at radius 3 is 2.95 bits per heavy atom. The quantitative estimate of drug-likeness (QED) is 0.789. The smallest absolute Gasteiger partial charge is 0.207 e. The van der Waals surface area contributed by atoms with Crippen LogP contribution >= 0.6 is 15.9 Å². The molecule has 2 aromatic heterocycles. The molecule has 0 saturated carbocycles. The monoisotopic (exact) mass is 318 g/mol. The molecular formula is C13H11BrN4O. The summed E-state index contributed by atoms with van der Waals surface area (Å²) in [4.78, 5) is 8.62. The van der Waals surface area contributed by atoms with Gasteiger partial charge in [-0.25, -0.2) is 9.97 Å². The topological polar surface area (TPSA) is 66.0 Å². The van der Waals surface area contributed by atoms with Gasteiger partial charge in [0.2, 0.25) is 5.95 Å². The molecule has 0 unspecified atom stereocenters. The lowest BCUT2D eigenvalue weighted by molar-refractivity contribution is 0.412. The molecule has 0 radical (unpaired) electrons. The average Bonchev–Trinajstić information content (AvgIpc) is 2.75. The van der Waals surface area contributed by atoms with E-state index in [1.807, 2.05) is 30.3 Å². The van der Waals surface area contributed by atoms with Crippen LogP contribution in [0.3, 0.4) is 0 Å². The zero-order chi connectivity index (χ0) is 13.4. The molecule has 3 aromatic rings. The van der Waals surface area contributed by atoms with Crippen molar-refractivity contribution in [2.24, 2.45) is 0 Å². The number of pyridine rings is 1. The van der Waals surface area contributed by atoms with Gasteiger partial charge in [-0.05, 0) is 40.2 Å². The molecule has 2 N–H and O–H groups in total. The number of halogens is 1. The van der Waals surface area contributed by atoms with Crippen LogP contribution in [0.15, 0.2) is 41.0 Å². The van der Waals surface area contributed by atoms with Crippen molar-refractivity contribution in [2.75, 3.05) is 12.8 Å². The molecule has 0 atom stereocenters. The first-order valence-corrected chi connectivity index (χ1v) is 6.43. The fourth-order valence-electron chi connectivity index (χ4n) is 1.97. The van der Waals surface area contributed by atoms with Crippen molar-refractivity contribution in [2.45, 2.75) is 0 Å². The van der Waals surface area contributed by atoms with Crippen LogP contribution in [0.1, 0.15) is 0 Å². The third kappa shape index (κ3) is 1.94. The van der Waals surface area contributed by atoms with E-state index in [2.05, 4.69) is 25.9 Å². The van der Waals surface area contributed by atoms with Gasteiger partial charge in [-0.15, -0.1) is 0 Å². The van der Waals surface area contributed by atoms with E-state index >= 15 is 0 Å². The Morgan fingerprint density at radius 2 is 2.16 bits per heavy atom. The fraction of sp³-hybridized carbons (Fsp3) is 0.0769. The number of nitrogens with two attached hydrogens (primary N) is 1. The number of aromatic nitrogens is 3. The summed E-state index contributed by atoms with van der Waals surface area (Å²) in [5.74, 6) is 1.13. The van der Waals surface area contributed by atoms with E-state index in [0.717, 1.165) is 27.1 Å².